The van der Waals surface area contributed by atoms with Crippen molar-refractivity contribution in [3.05, 3.63) is 81.9 Å². The molecule has 0 spiro atoms. The van der Waals surface area contributed by atoms with Crippen LogP contribution in [-0.2, 0) is 10.0 Å². The van der Waals surface area contributed by atoms with Crippen LogP contribution in [-0.4, -0.2) is 40.5 Å². The number of fused-ring (bicyclic) bond motifs is 1. The fourth-order valence-corrected chi connectivity index (χ4v) is 5.24. The Morgan fingerprint density at radius 3 is 2.70 bits per heavy atom. The molecule has 0 fully saturated rings. The van der Waals surface area contributed by atoms with E-state index in [1.165, 1.54) is 19.3 Å². The highest BCUT2D eigenvalue weighted by Crippen LogP contribution is 2.28. The van der Waals surface area contributed by atoms with E-state index in [0.29, 0.717) is 14.6 Å². The van der Waals surface area contributed by atoms with E-state index in [4.69, 9.17) is 0 Å². The molecule has 1 aromatic carbocycles. The Kier molecular flexibility index (Phi) is 5.72. The van der Waals surface area contributed by atoms with Crippen LogP contribution in [0, 0.1) is 0 Å². The van der Waals surface area contributed by atoms with Gasteiger partial charge in [0.1, 0.15) is 10.5 Å². The third kappa shape index (κ3) is 4.03. The summed E-state index contributed by atoms with van der Waals surface area (Å²) in [5, 5.41) is 4.15. The topological polar surface area (TPSA) is 79.9 Å². The highest BCUT2D eigenvalue weighted by atomic mass is 79.9. The molecule has 4 aromatic rings. The number of benzene rings is 1. The summed E-state index contributed by atoms with van der Waals surface area (Å²) >= 11 is 6.59. The van der Waals surface area contributed by atoms with E-state index in [1.54, 1.807) is 30.7 Å². The van der Waals surface area contributed by atoms with E-state index in [0.717, 1.165) is 21.2 Å². The largest absolute Gasteiger partial charge is 0.298 e. The van der Waals surface area contributed by atoms with E-state index >= 15 is 0 Å². The lowest BCUT2D eigenvalue weighted by molar-refractivity contribution is 0.490. The van der Waals surface area contributed by atoms with Crippen molar-refractivity contribution in [3.63, 3.8) is 0 Å². The standard InChI is InChI=1S/C20H15Br2N5O2S/c1-26(30(28,29)19-9-16(21)5-6-18(19)22)25-12-17-11-24-20-7-4-15(13-27(17)20)14-3-2-8-23-10-14/h2-13H,1H3. The Morgan fingerprint density at radius 2 is 1.93 bits per heavy atom. The summed E-state index contributed by atoms with van der Waals surface area (Å²) in [5.74, 6) is 0. The molecule has 4 rings (SSSR count). The number of sulfonamides is 1. The van der Waals surface area contributed by atoms with E-state index in [-0.39, 0.29) is 4.90 Å². The number of hydrogen-bond acceptors (Lipinski definition) is 5. The molecule has 0 saturated carbocycles. The van der Waals surface area contributed by atoms with Crippen LogP contribution >= 0.6 is 31.9 Å². The number of hydrazone groups is 1. The van der Waals surface area contributed by atoms with Crippen molar-refractivity contribution in [2.24, 2.45) is 5.10 Å². The van der Waals surface area contributed by atoms with Gasteiger partial charge in [0.15, 0.2) is 0 Å². The van der Waals surface area contributed by atoms with Gasteiger partial charge in [0.05, 0.1) is 18.1 Å². The van der Waals surface area contributed by atoms with Gasteiger partial charge in [-0.15, -0.1) is 0 Å². The Balaban J connectivity index is 1.67. The van der Waals surface area contributed by atoms with Gasteiger partial charge in [0, 0.05) is 45.7 Å². The minimum absolute atomic E-state index is 0.119. The van der Waals surface area contributed by atoms with Crippen LogP contribution in [0.5, 0.6) is 0 Å². The molecule has 0 saturated heterocycles. The fraction of sp³-hybridized carbons (Fsp3) is 0.0500. The van der Waals surface area contributed by atoms with Crippen LogP contribution in [0.2, 0.25) is 0 Å². The summed E-state index contributed by atoms with van der Waals surface area (Å²) in [6.07, 6.45) is 8.52. The van der Waals surface area contributed by atoms with Crippen molar-refractivity contribution in [2.45, 2.75) is 4.90 Å². The number of halogens is 2. The van der Waals surface area contributed by atoms with Gasteiger partial charge < -0.3 is 0 Å². The molecule has 3 aromatic heterocycles. The van der Waals surface area contributed by atoms with Gasteiger partial charge in [0.2, 0.25) is 0 Å². The van der Waals surface area contributed by atoms with Crippen LogP contribution in [0.1, 0.15) is 5.69 Å². The third-order valence-corrected chi connectivity index (χ3v) is 7.53. The van der Waals surface area contributed by atoms with Gasteiger partial charge in [-0.1, -0.05) is 22.0 Å². The molecule has 0 aliphatic heterocycles. The Morgan fingerprint density at radius 1 is 1.10 bits per heavy atom. The maximum absolute atomic E-state index is 12.9. The predicted molar refractivity (Wildman–Crippen MR) is 123 cm³/mol. The number of aromatic nitrogens is 3. The lowest BCUT2D eigenvalue weighted by Gasteiger charge is -2.15. The molecule has 0 aliphatic rings. The first kappa shape index (κ1) is 20.7. The number of hydrogen-bond donors (Lipinski definition) is 0. The van der Waals surface area contributed by atoms with Crippen LogP contribution in [0.3, 0.4) is 0 Å². The van der Waals surface area contributed by atoms with Gasteiger partial charge in [0.25, 0.3) is 10.0 Å². The fourth-order valence-electron chi connectivity index (χ4n) is 2.82. The monoisotopic (exact) mass is 547 g/mol. The molecule has 0 aliphatic carbocycles. The molecule has 0 N–H and O–H groups in total. The molecule has 0 unspecified atom stereocenters. The smallest absolute Gasteiger partial charge is 0.279 e. The second-order valence-corrected chi connectivity index (χ2v) is 10.0. The highest BCUT2D eigenvalue weighted by molar-refractivity contribution is 9.11. The normalized spacial score (nSPS) is 12.0. The van der Waals surface area contributed by atoms with Crippen LogP contribution in [0.4, 0.5) is 0 Å². The second-order valence-electron chi connectivity index (χ2n) is 6.33. The second kappa shape index (κ2) is 8.29. The number of pyridine rings is 2. The molecular weight excluding hydrogens is 534 g/mol. The van der Waals surface area contributed by atoms with Crippen molar-refractivity contribution < 1.29 is 8.42 Å². The molecule has 7 nitrogen and oxygen atoms in total. The number of rotatable bonds is 5. The third-order valence-electron chi connectivity index (χ3n) is 4.40. The molecular formula is C20H15Br2N5O2S. The summed E-state index contributed by atoms with van der Waals surface area (Å²) in [5.41, 5.74) is 3.30. The first-order chi connectivity index (χ1) is 14.4. The van der Waals surface area contributed by atoms with E-state index < -0.39 is 10.0 Å². The van der Waals surface area contributed by atoms with Crippen LogP contribution in [0.15, 0.2) is 86.2 Å². The van der Waals surface area contributed by atoms with Crippen molar-refractivity contribution in [1.82, 2.24) is 18.8 Å². The molecule has 0 bridgehead atoms. The molecule has 30 heavy (non-hydrogen) atoms. The van der Waals surface area contributed by atoms with Crippen molar-refractivity contribution >= 4 is 53.7 Å². The Labute approximate surface area is 190 Å². The van der Waals surface area contributed by atoms with Crippen LogP contribution < -0.4 is 0 Å². The zero-order valence-corrected chi connectivity index (χ0v) is 19.6. The van der Waals surface area contributed by atoms with Crippen molar-refractivity contribution in [2.75, 3.05) is 7.05 Å². The Bertz CT molecular complexity index is 1350. The van der Waals surface area contributed by atoms with Gasteiger partial charge in [-0.2, -0.15) is 17.9 Å². The molecule has 152 valence electrons. The van der Waals surface area contributed by atoms with E-state index in [1.807, 2.05) is 34.9 Å². The first-order valence-electron chi connectivity index (χ1n) is 8.72. The Hall–Kier alpha value is -2.56. The van der Waals surface area contributed by atoms with E-state index in [2.05, 4.69) is 46.9 Å². The SMILES string of the molecule is CN(N=Cc1cnc2ccc(-c3cccnc3)cn12)S(=O)(=O)c1cc(Br)ccc1Br. The van der Waals surface area contributed by atoms with Gasteiger partial charge in [-0.3, -0.25) is 9.38 Å². The summed E-state index contributed by atoms with van der Waals surface area (Å²) in [4.78, 5) is 8.62. The minimum Gasteiger partial charge on any atom is -0.298 e. The zero-order valence-electron chi connectivity index (χ0n) is 15.6. The minimum atomic E-state index is -3.83. The highest BCUT2D eigenvalue weighted by Gasteiger charge is 2.22. The molecule has 10 heteroatoms. The lowest BCUT2D eigenvalue weighted by atomic mass is 10.1. The molecule has 0 amide bonds. The summed E-state index contributed by atoms with van der Waals surface area (Å²) < 4.78 is 29.7. The average molecular weight is 549 g/mol. The molecule has 0 atom stereocenters. The molecule has 0 radical (unpaired) electrons. The van der Waals surface area contributed by atoms with Crippen molar-refractivity contribution in [3.8, 4) is 11.1 Å². The average Bonchev–Trinajstić information content (AvgIpc) is 3.16. The van der Waals surface area contributed by atoms with Crippen molar-refractivity contribution in [1.29, 1.82) is 0 Å². The maximum atomic E-state index is 12.9. The van der Waals surface area contributed by atoms with Crippen LogP contribution in [0.25, 0.3) is 16.8 Å². The van der Waals surface area contributed by atoms with Gasteiger partial charge >= 0.3 is 0 Å². The number of nitrogens with zero attached hydrogens (tertiary/aromatic N) is 5. The zero-order chi connectivity index (χ0) is 21.3. The quantitative estimate of drug-likeness (QED) is 0.270. The summed E-state index contributed by atoms with van der Waals surface area (Å²) in [6, 6.07) is 12.6. The van der Waals surface area contributed by atoms with E-state index in [9.17, 15) is 8.42 Å². The predicted octanol–water partition coefficient (Wildman–Crippen LogP) is 4.58. The maximum Gasteiger partial charge on any atom is 0.279 e. The van der Waals surface area contributed by atoms with Gasteiger partial charge in [-0.05, 0) is 52.3 Å². The summed E-state index contributed by atoms with van der Waals surface area (Å²) in [7, 11) is -2.44. The lowest BCUT2D eigenvalue weighted by Crippen LogP contribution is -2.22. The number of imidazole rings is 1. The molecule has 3 heterocycles. The summed E-state index contributed by atoms with van der Waals surface area (Å²) in [6.45, 7) is 0. The van der Waals surface area contributed by atoms with Gasteiger partial charge in [-0.25, -0.2) is 4.98 Å². The first-order valence-corrected chi connectivity index (χ1v) is 11.7.